The Morgan fingerprint density at radius 2 is 2.05 bits per heavy atom. The number of ether oxygens (including phenoxy) is 1. The number of rotatable bonds is 1. The second kappa shape index (κ2) is 4.65. The summed E-state index contributed by atoms with van der Waals surface area (Å²) in [5.74, 6) is 1.12. The smallest absolute Gasteiger partial charge is 0.136 e. The molecule has 21 heavy (non-hydrogen) atoms. The number of nitrogens with zero attached hydrogens (tertiary/aromatic N) is 2. The van der Waals surface area contributed by atoms with Crippen LogP contribution in [0.15, 0.2) is 30.9 Å². The quantitative estimate of drug-likeness (QED) is 0.869. The molecule has 0 saturated carbocycles. The fourth-order valence-electron chi connectivity index (χ4n) is 2.62. The van der Waals surface area contributed by atoms with E-state index in [-0.39, 0.29) is 11.5 Å². The summed E-state index contributed by atoms with van der Waals surface area (Å²) in [7, 11) is 0. The molecule has 2 aromatic rings. The van der Waals surface area contributed by atoms with Gasteiger partial charge in [-0.25, -0.2) is 4.98 Å². The van der Waals surface area contributed by atoms with Crippen LogP contribution in [0.2, 0.25) is 0 Å². The molecule has 4 heteroatoms. The summed E-state index contributed by atoms with van der Waals surface area (Å²) < 4.78 is 7.96. The molecule has 1 aliphatic rings. The third-order valence-electron chi connectivity index (χ3n) is 3.76. The van der Waals surface area contributed by atoms with E-state index in [2.05, 4.69) is 25.8 Å². The Morgan fingerprint density at radius 1 is 1.29 bits per heavy atom. The van der Waals surface area contributed by atoms with E-state index in [0.29, 0.717) is 5.75 Å². The van der Waals surface area contributed by atoms with E-state index in [9.17, 15) is 5.11 Å². The number of phenols is 1. The minimum absolute atomic E-state index is 0.0657. The van der Waals surface area contributed by atoms with E-state index >= 15 is 0 Å². The van der Waals surface area contributed by atoms with Gasteiger partial charge in [0.15, 0.2) is 0 Å². The van der Waals surface area contributed by atoms with E-state index in [0.717, 1.165) is 22.6 Å². The molecule has 1 N–H and O–H groups in total. The molecular weight excluding hydrogens is 264 g/mol. The van der Waals surface area contributed by atoms with Gasteiger partial charge in [0.1, 0.15) is 17.6 Å². The summed E-state index contributed by atoms with van der Waals surface area (Å²) in [4.78, 5) is 4.07. The Morgan fingerprint density at radius 3 is 2.67 bits per heavy atom. The van der Waals surface area contributed by atoms with Crippen LogP contribution in [0.4, 0.5) is 0 Å². The molecule has 0 radical (unpaired) electrons. The van der Waals surface area contributed by atoms with Crippen molar-refractivity contribution in [3.05, 3.63) is 42.0 Å². The highest BCUT2D eigenvalue weighted by Crippen LogP contribution is 2.40. The van der Waals surface area contributed by atoms with Crippen molar-refractivity contribution in [2.45, 2.75) is 39.2 Å². The zero-order valence-corrected chi connectivity index (χ0v) is 12.8. The first-order chi connectivity index (χ1) is 9.86. The maximum atomic E-state index is 10.3. The van der Waals surface area contributed by atoms with Crippen LogP contribution in [-0.2, 0) is 5.41 Å². The lowest BCUT2D eigenvalue weighted by Crippen LogP contribution is -2.22. The standard InChI is InChI=1S/C17H20N2O2/c1-11-14(19-6-5-18-10-19)7-12-8-15(20)13(17(2,3)4)9-16(12)21-11/h5-11,20H,1-4H3. The second-order valence-corrected chi connectivity index (χ2v) is 6.46. The summed E-state index contributed by atoms with van der Waals surface area (Å²) in [5, 5.41) is 10.3. The van der Waals surface area contributed by atoms with Crippen LogP contribution < -0.4 is 4.74 Å². The summed E-state index contributed by atoms with van der Waals surface area (Å²) in [6, 6.07) is 3.72. The molecule has 2 heterocycles. The average Bonchev–Trinajstić information content (AvgIpc) is 2.90. The molecule has 110 valence electrons. The van der Waals surface area contributed by atoms with E-state index in [1.54, 1.807) is 18.6 Å². The second-order valence-electron chi connectivity index (χ2n) is 6.46. The first-order valence-electron chi connectivity index (χ1n) is 7.10. The lowest BCUT2D eigenvalue weighted by atomic mass is 9.85. The van der Waals surface area contributed by atoms with Gasteiger partial charge < -0.3 is 14.4 Å². The van der Waals surface area contributed by atoms with E-state index < -0.39 is 0 Å². The Labute approximate surface area is 124 Å². The molecule has 0 saturated heterocycles. The normalized spacial score (nSPS) is 17.9. The van der Waals surface area contributed by atoms with Crippen molar-refractivity contribution in [3.63, 3.8) is 0 Å². The molecule has 0 aliphatic carbocycles. The largest absolute Gasteiger partial charge is 0.508 e. The van der Waals surface area contributed by atoms with Gasteiger partial charge >= 0.3 is 0 Å². The van der Waals surface area contributed by atoms with Crippen LogP contribution in [0, 0.1) is 0 Å². The third kappa shape index (κ3) is 2.42. The van der Waals surface area contributed by atoms with Crippen molar-refractivity contribution in [2.75, 3.05) is 0 Å². The fraction of sp³-hybridized carbons (Fsp3) is 0.353. The molecule has 0 bridgehead atoms. The zero-order valence-electron chi connectivity index (χ0n) is 12.8. The summed E-state index contributed by atoms with van der Waals surface area (Å²) in [6.45, 7) is 8.24. The van der Waals surface area contributed by atoms with Crippen LogP contribution in [-0.4, -0.2) is 20.8 Å². The van der Waals surface area contributed by atoms with Crippen LogP contribution >= 0.6 is 0 Å². The predicted octanol–water partition coefficient (Wildman–Crippen LogP) is 3.67. The van der Waals surface area contributed by atoms with Gasteiger partial charge in [0.2, 0.25) is 0 Å². The van der Waals surface area contributed by atoms with Gasteiger partial charge in [-0.05, 0) is 30.5 Å². The van der Waals surface area contributed by atoms with Crippen LogP contribution in [0.1, 0.15) is 38.8 Å². The summed E-state index contributed by atoms with van der Waals surface area (Å²) in [6.07, 6.45) is 7.35. The molecule has 0 fully saturated rings. The molecule has 1 unspecified atom stereocenters. The van der Waals surface area contributed by atoms with Crippen LogP contribution in [0.5, 0.6) is 11.5 Å². The monoisotopic (exact) mass is 284 g/mol. The van der Waals surface area contributed by atoms with E-state index in [1.165, 1.54) is 0 Å². The molecule has 1 atom stereocenters. The SMILES string of the molecule is CC1Oc2cc(C(C)(C)C)c(O)cc2C=C1n1ccnc1. The Hall–Kier alpha value is -2.23. The highest BCUT2D eigenvalue weighted by Gasteiger charge is 2.25. The number of imidazole rings is 1. The van der Waals surface area contributed by atoms with E-state index in [1.807, 2.05) is 29.8 Å². The lowest BCUT2D eigenvalue weighted by molar-refractivity contribution is 0.267. The van der Waals surface area contributed by atoms with Gasteiger partial charge in [-0.15, -0.1) is 0 Å². The van der Waals surface area contributed by atoms with Crippen molar-refractivity contribution in [2.24, 2.45) is 0 Å². The highest BCUT2D eigenvalue weighted by molar-refractivity contribution is 5.79. The van der Waals surface area contributed by atoms with Gasteiger partial charge in [-0.2, -0.15) is 0 Å². The summed E-state index contributed by atoms with van der Waals surface area (Å²) in [5.41, 5.74) is 2.66. The number of hydrogen-bond acceptors (Lipinski definition) is 3. The average molecular weight is 284 g/mol. The number of fused-ring (bicyclic) bond motifs is 1. The van der Waals surface area contributed by atoms with Crippen molar-refractivity contribution >= 4 is 11.8 Å². The number of hydrogen-bond donors (Lipinski definition) is 1. The van der Waals surface area contributed by atoms with Crippen molar-refractivity contribution in [1.29, 1.82) is 0 Å². The maximum Gasteiger partial charge on any atom is 0.136 e. The molecule has 3 rings (SSSR count). The van der Waals surface area contributed by atoms with Gasteiger partial charge in [-0.3, -0.25) is 0 Å². The molecule has 1 aromatic carbocycles. The first-order valence-corrected chi connectivity index (χ1v) is 7.10. The van der Waals surface area contributed by atoms with E-state index in [4.69, 9.17) is 4.74 Å². The predicted molar refractivity (Wildman–Crippen MR) is 83.3 cm³/mol. The highest BCUT2D eigenvalue weighted by atomic mass is 16.5. The van der Waals surface area contributed by atoms with Crippen molar-refractivity contribution in [3.8, 4) is 11.5 Å². The molecule has 4 nitrogen and oxygen atoms in total. The fourth-order valence-corrected chi connectivity index (χ4v) is 2.62. The minimum Gasteiger partial charge on any atom is -0.508 e. The van der Waals surface area contributed by atoms with Crippen molar-refractivity contribution < 1.29 is 9.84 Å². The number of benzene rings is 1. The maximum absolute atomic E-state index is 10.3. The van der Waals surface area contributed by atoms with Crippen molar-refractivity contribution in [1.82, 2.24) is 9.55 Å². The van der Waals surface area contributed by atoms with Gasteiger partial charge in [-0.1, -0.05) is 20.8 Å². The topological polar surface area (TPSA) is 47.3 Å². The Kier molecular flexibility index (Phi) is 3.04. The van der Waals surface area contributed by atoms with Gasteiger partial charge in [0.05, 0.1) is 12.0 Å². The molecule has 1 aromatic heterocycles. The molecule has 1 aliphatic heterocycles. The van der Waals surface area contributed by atoms with Gasteiger partial charge in [0.25, 0.3) is 0 Å². The third-order valence-corrected chi connectivity index (χ3v) is 3.76. The Bertz CT molecular complexity index is 694. The number of aromatic hydroxyl groups is 1. The lowest BCUT2D eigenvalue weighted by Gasteiger charge is -2.28. The summed E-state index contributed by atoms with van der Waals surface area (Å²) >= 11 is 0. The van der Waals surface area contributed by atoms with Crippen LogP contribution in [0.3, 0.4) is 0 Å². The Balaban J connectivity index is 2.11. The van der Waals surface area contributed by atoms with Crippen LogP contribution in [0.25, 0.3) is 11.8 Å². The zero-order chi connectivity index (χ0) is 15.2. The molecular formula is C17H20N2O2. The molecule has 0 spiro atoms. The van der Waals surface area contributed by atoms with Gasteiger partial charge in [0, 0.05) is 23.5 Å². The molecule has 0 amide bonds. The number of aromatic nitrogens is 2. The first kappa shape index (κ1) is 13.7. The minimum atomic E-state index is -0.125. The number of phenolic OH excluding ortho intramolecular Hbond substituents is 1.